The maximum absolute atomic E-state index is 5.96. The van der Waals surface area contributed by atoms with Gasteiger partial charge in [-0.3, -0.25) is 9.78 Å². The van der Waals surface area contributed by atoms with Crippen molar-refractivity contribution in [3.05, 3.63) is 30.9 Å². The number of hydrogen-bond donors (Lipinski definition) is 0. The van der Waals surface area contributed by atoms with Crippen LogP contribution in [0.3, 0.4) is 0 Å². The van der Waals surface area contributed by atoms with Crippen molar-refractivity contribution in [2.75, 3.05) is 0 Å². The van der Waals surface area contributed by atoms with E-state index in [2.05, 4.69) is 4.89 Å². The van der Waals surface area contributed by atoms with Gasteiger partial charge in [0.25, 0.3) is 5.22 Å². The fourth-order valence-electron chi connectivity index (χ4n) is 1.10. The largest absolute Gasteiger partial charge is 0.287 e. The van der Waals surface area contributed by atoms with Crippen molar-refractivity contribution >= 4 is 74.6 Å². The lowest BCUT2D eigenvalue weighted by atomic mass is 10.2. The topological polar surface area (TPSA) is 18.5 Å². The smallest absolute Gasteiger partial charge is 0.264 e. The van der Waals surface area contributed by atoms with E-state index in [4.69, 9.17) is 74.5 Å². The van der Waals surface area contributed by atoms with Crippen molar-refractivity contribution in [3.8, 4) is 5.75 Å². The number of hydrogen-bond acceptors (Lipinski definition) is 2. The summed E-state index contributed by atoms with van der Waals surface area (Å²) in [6.07, 6.45) is 0. The van der Waals surface area contributed by atoms with Crippen molar-refractivity contribution in [1.82, 2.24) is 0 Å². The molecular weight excluding hydrogens is 341 g/mol. The van der Waals surface area contributed by atoms with E-state index < -0.39 is 0 Å². The first-order valence-electron chi connectivity index (χ1n) is 3.71. The minimum atomic E-state index is -0.162. The number of benzene rings is 1. The van der Waals surface area contributed by atoms with Crippen molar-refractivity contribution in [1.29, 1.82) is 0 Å². The van der Waals surface area contributed by atoms with Gasteiger partial charge in [-0.1, -0.05) is 58.0 Å². The number of rotatable bonds is 0. The zero-order valence-electron chi connectivity index (χ0n) is 7.08. The molecule has 0 N–H and O–H groups in total. The van der Waals surface area contributed by atoms with Crippen LogP contribution < -0.4 is 4.89 Å². The second-order valence-corrected chi connectivity index (χ2v) is 4.95. The Morgan fingerprint density at radius 1 is 0.625 bits per heavy atom. The minimum Gasteiger partial charge on any atom is -0.287 e. The maximum atomic E-state index is 5.96. The van der Waals surface area contributed by atoms with Crippen LogP contribution >= 0.6 is 69.6 Å². The first-order valence-corrected chi connectivity index (χ1v) is 5.98. The average Bonchev–Trinajstić information content (AvgIpc) is 2.27. The van der Waals surface area contributed by atoms with E-state index in [0.29, 0.717) is 0 Å². The lowest BCUT2D eigenvalue weighted by molar-refractivity contribution is -0.158. The molecule has 0 unspecified atom stereocenters. The lowest BCUT2D eigenvalue weighted by Crippen LogP contribution is -2.05. The normalized spacial score (nSPS) is 14.4. The highest BCUT2D eigenvalue weighted by atomic mass is 35.5. The Kier molecular flexibility index (Phi) is 3.60. The van der Waals surface area contributed by atoms with E-state index in [1.54, 1.807) is 0 Å². The molecule has 0 saturated carbocycles. The van der Waals surface area contributed by atoms with Crippen LogP contribution in [-0.2, 0) is 4.89 Å². The molecule has 0 amide bonds. The molecule has 0 atom stereocenters. The van der Waals surface area contributed by atoms with Crippen LogP contribution in [0, 0.1) is 0 Å². The van der Waals surface area contributed by atoms with Crippen LogP contribution in [0.25, 0.3) is 5.03 Å². The van der Waals surface area contributed by atoms with Gasteiger partial charge in [0.2, 0.25) is 5.75 Å². The molecule has 0 bridgehead atoms. The van der Waals surface area contributed by atoms with Crippen LogP contribution in [0.5, 0.6) is 5.75 Å². The summed E-state index contributed by atoms with van der Waals surface area (Å²) in [5.74, 6) is 0.0791. The van der Waals surface area contributed by atoms with E-state index in [1.165, 1.54) is 0 Å². The molecule has 1 aromatic rings. The second-order valence-electron chi connectivity index (χ2n) is 2.71. The number of fused-ring (bicyclic) bond motifs is 1. The van der Waals surface area contributed by atoms with Gasteiger partial charge in [-0.05, 0) is 11.6 Å². The van der Waals surface area contributed by atoms with Gasteiger partial charge in [-0.15, -0.1) is 0 Å². The summed E-state index contributed by atoms with van der Waals surface area (Å²) in [5, 5.41) is 0.156. The summed E-state index contributed by atoms with van der Waals surface area (Å²) in [5.41, 5.74) is 0.249. The first-order chi connectivity index (χ1) is 7.45. The van der Waals surface area contributed by atoms with Gasteiger partial charge in [0.1, 0.15) is 10.1 Å². The van der Waals surface area contributed by atoms with Gasteiger partial charge in [0.05, 0.1) is 20.6 Å². The lowest BCUT2D eigenvalue weighted by Gasteiger charge is -2.19. The van der Waals surface area contributed by atoms with Crippen molar-refractivity contribution in [2.45, 2.75) is 0 Å². The Morgan fingerprint density at radius 3 is 1.81 bits per heavy atom. The zero-order valence-corrected chi connectivity index (χ0v) is 11.6. The van der Waals surface area contributed by atoms with Crippen LogP contribution in [0.4, 0.5) is 0 Å². The standard InChI is InChI=1S/C8Cl6O2/c9-2-1-3(10)8(14)16-15-7(1)6(13)5(12)4(2)11. The summed E-state index contributed by atoms with van der Waals surface area (Å²) in [4.78, 5) is 9.44. The minimum absolute atomic E-state index is 0.0494. The summed E-state index contributed by atoms with van der Waals surface area (Å²) >= 11 is 35.1. The predicted octanol–water partition coefficient (Wildman–Crippen LogP) is 5.73. The van der Waals surface area contributed by atoms with Crippen LogP contribution in [0.15, 0.2) is 5.22 Å². The summed E-state index contributed by atoms with van der Waals surface area (Å²) < 4.78 is 0. The maximum Gasteiger partial charge on any atom is 0.264 e. The van der Waals surface area contributed by atoms with Crippen molar-refractivity contribution in [2.24, 2.45) is 0 Å². The molecule has 2 nitrogen and oxygen atoms in total. The van der Waals surface area contributed by atoms with Crippen LogP contribution in [0.1, 0.15) is 5.56 Å². The third-order valence-electron chi connectivity index (χ3n) is 1.81. The third-order valence-corrected chi connectivity index (χ3v) is 4.31. The summed E-state index contributed by atoms with van der Waals surface area (Å²) in [6, 6.07) is 0. The van der Waals surface area contributed by atoms with Crippen LogP contribution in [-0.4, -0.2) is 0 Å². The molecule has 0 saturated heterocycles. The Balaban J connectivity index is 2.85. The van der Waals surface area contributed by atoms with Gasteiger partial charge >= 0.3 is 0 Å². The molecule has 0 fully saturated rings. The highest BCUT2D eigenvalue weighted by Gasteiger charge is 2.30. The summed E-state index contributed by atoms with van der Waals surface area (Å²) in [7, 11) is 0. The van der Waals surface area contributed by atoms with E-state index >= 15 is 0 Å². The van der Waals surface area contributed by atoms with E-state index in [-0.39, 0.29) is 41.7 Å². The molecule has 2 rings (SSSR count). The van der Waals surface area contributed by atoms with Gasteiger partial charge < -0.3 is 0 Å². The Bertz CT molecular complexity index is 510. The molecule has 16 heavy (non-hydrogen) atoms. The van der Waals surface area contributed by atoms with Gasteiger partial charge in [0.15, 0.2) is 0 Å². The van der Waals surface area contributed by atoms with Gasteiger partial charge in [-0.2, -0.15) is 0 Å². The second kappa shape index (κ2) is 4.52. The van der Waals surface area contributed by atoms with Crippen molar-refractivity contribution in [3.63, 3.8) is 0 Å². The van der Waals surface area contributed by atoms with E-state index in [0.717, 1.165) is 0 Å². The van der Waals surface area contributed by atoms with E-state index in [1.807, 2.05) is 0 Å². The molecule has 8 heteroatoms. The number of halogens is 6. The quantitative estimate of drug-likeness (QED) is 0.341. The third kappa shape index (κ3) is 1.82. The molecule has 1 aromatic carbocycles. The fraction of sp³-hybridized carbons (Fsp3) is 0. The molecule has 0 spiro atoms. The highest BCUT2D eigenvalue weighted by Crippen LogP contribution is 2.51. The predicted molar refractivity (Wildman–Crippen MR) is 66.8 cm³/mol. The van der Waals surface area contributed by atoms with Gasteiger partial charge in [0, 0.05) is 0 Å². The Labute approximate surface area is 120 Å². The monoisotopic (exact) mass is 338 g/mol. The molecule has 86 valence electrons. The molecule has 1 heterocycles. The van der Waals surface area contributed by atoms with Crippen molar-refractivity contribution < 1.29 is 9.78 Å². The zero-order chi connectivity index (χ0) is 12.0. The SMILES string of the molecule is ClC1=C(Cl)c2c(Cl)c(Cl)c(Cl)c(Cl)c2OO1. The summed E-state index contributed by atoms with van der Waals surface area (Å²) in [6.45, 7) is 0. The van der Waals surface area contributed by atoms with E-state index in [9.17, 15) is 0 Å². The molecule has 1 aliphatic rings. The Hall–Kier alpha value is 0.300. The Morgan fingerprint density at radius 2 is 1.19 bits per heavy atom. The molecular formula is C8Cl6O2. The molecule has 1 aliphatic heterocycles. The average molecular weight is 341 g/mol. The highest BCUT2D eigenvalue weighted by molar-refractivity contribution is 6.58. The fourth-order valence-corrected chi connectivity index (χ4v) is 2.45. The molecule has 0 aliphatic carbocycles. The molecule has 0 radical (unpaired) electrons. The first kappa shape index (κ1) is 12.7. The van der Waals surface area contributed by atoms with Gasteiger partial charge in [-0.25, -0.2) is 0 Å². The molecule has 0 aromatic heterocycles. The van der Waals surface area contributed by atoms with Crippen LogP contribution in [0.2, 0.25) is 20.1 Å².